The minimum atomic E-state index is -0.172. The predicted molar refractivity (Wildman–Crippen MR) is 70.2 cm³/mol. The van der Waals surface area contributed by atoms with Crippen LogP contribution < -0.4 is 10.6 Å². The van der Waals surface area contributed by atoms with Gasteiger partial charge in [-0.15, -0.1) is 0 Å². The Morgan fingerprint density at radius 1 is 1.47 bits per heavy atom. The van der Waals surface area contributed by atoms with Crippen molar-refractivity contribution in [3.8, 4) is 0 Å². The van der Waals surface area contributed by atoms with E-state index in [-0.39, 0.29) is 11.4 Å². The molecule has 17 heavy (non-hydrogen) atoms. The Bertz CT molecular complexity index is 388. The van der Waals surface area contributed by atoms with Crippen LogP contribution in [0.2, 0.25) is 0 Å². The number of nitrogens with zero attached hydrogens (tertiary/aromatic N) is 1. The normalized spacial score (nSPS) is 11.1. The average Bonchev–Trinajstić information content (AvgIpc) is 2.28. The number of pyridine rings is 1. The van der Waals surface area contributed by atoms with Gasteiger partial charge in [0.2, 0.25) is 0 Å². The summed E-state index contributed by atoms with van der Waals surface area (Å²) < 4.78 is 0. The first-order valence-electron chi connectivity index (χ1n) is 5.95. The molecule has 4 heteroatoms. The quantitative estimate of drug-likeness (QED) is 0.824. The first-order chi connectivity index (χ1) is 7.98. The molecule has 1 heterocycles. The van der Waals surface area contributed by atoms with E-state index in [1.54, 1.807) is 25.4 Å². The van der Waals surface area contributed by atoms with Crippen molar-refractivity contribution in [1.82, 2.24) is 10.3 Å². The second-order valence-electron chi connectivity index (χ2n) is 4.77. The fourth-order valence-electron chi connectivity index (χ4n) is 1.78. The van der Waals surface area contributed by atoms with Gasteiger partial charge in [-0.2, -0.15) is 0 Å². The van der Waals surface area contributed by atoms with Crippen LogP contribution in [-0.4, -0.2) is 23.5 Å². The molecule has 0 spiro atoms. The fraction of sp³-hybridized carbons (Fsp3) is 0.538. The Morgan fingerprint density at radius 2 is 2.18 bits per heavy atom. The molecule has 94 valence electrons. The molecule has 0 atom stereocenters. The third-order valence-electron chi connectivity index (χ3n) is 2.61. The Hall–Kier alpha value is -1.58. The Labute approximate surface area is 103 Å². The molecule has 1 amide bonds. The molecule has 0 aromatic carbocycles. The van der Waals surface area contributed by atoms with Gasteiger partial charge in [0.05, 0.1) is 0 Å². The molecule has 0 aliphatic heterocycles. The zero-order valence-corrected chi connectivity index (χ0v) is 11.0. The molecule has 2 N–H and O–H groups in total. The van der Waals surface area contributed by atoms with Crippen molar-refractivity contribution in [1.29, 1.82) is 0 Å². The van der Waals surface area contributed by atoms with E-state index in [0.717, 1.165) is 12.8 Å². The molecule has 1 rings (SSSR count). The number of hydrogen-bond acceptors (Lipinski definition) is 3. The molecule has 1 aromatic heterocycles. The Balaban J connectivity index is 2.75. The third kappa shape index (κ3) is 4.06. The molecule has 4 nitrogen and oxygen atoms in total. The molecular formula is C13H21N3O. The van der Waals surface area contributed by atoms with Crippen LogP contribution in [0.25, 0.3) is 0 Å². The summed E-state index contributed by atoms with van der Waals surface area (Å²) in [6, 6.07) is 3.47. The Morgan fingerprint density at radius 3 is 2.76 bits per heavy atom. The number of rotatable bonds is 5. The van der Waals surface area contributed by atoms with Gasteiger partial charge in [-0.05, 0) is 32.4 Å². The van der Waals surface area contributed by atoms with Gasteiger partial charge in [-0.25, -0.2) is 4.98 Å². The lowest BCUT2D eigenvalue weighted by atomic mass is 9.98. The zero-order chi connectivity index (χ0) is 12.9. The van der Waals surface area contributed by atoms with Gasteiger partial charge < -0.3 is 10.6 Å². The van der Waals surface area contributed by atoms with E-state index >= 15 is 0 Å². The molecule has 1 aromatic rings. The topological polar surface area (TPSA) is 54.0 Å². The van der Waals surface area contributed by atoms with Gasteiger partial charge in [0.15, 0.2) is 0 Å². The van der Waals surface area contributed by atoms with Crippen molar-refractivity contribution in [2.45, 2.75) is 39.2 Å². The molecule has 0 saturated carbocycles. The number of nitrogens with one attached hydrogen (secondary N) is 2. The third-order valence-corrected chi connectivity index (χ3v) is 2.61. The number of aromatic nitrogens is 1. The summed E-state index contributed by atoms with van der Waals surface area (Å²) >= 11 is 0. The lowest BCUT2D eigenvalue weighted by molar-refractivity contribution is 0.0909. The standard InChI is InChI=1S/C13H21N3O/c1-5-7-13(2,3)16-12(17)10-6-8-15-11(9-10)14-4/h6,8-9H,5,7H2,1-4H3,(H,14,15)(H,16,17). The van der Waals surface area contributed by atoms with Crippen LogP contribution in [0.15, 0.2) is 18.3 Å². The van der Waals surface area contributed by atoms with Crippen molar-refractivity contribution in [3.63, 3.8) is 0 Å². The number of amides is 1. The lowest BCUT2D eigenvalue weighted by Crippen LogP contribution is -2.43. The molecule has 0 fully saturated rings. The molecule has 0 bridgehead atoms. The highest BCUT2D eigenvalue weighted by atomic mass is 16.1. The number of anilines is 1. The molecule has 0 saturated heterocycles. The van der Waals surface area contributed by atoms with Crippen molar-refractivity contribution in [2.24, 2.45) is 0 Å². The molecule has 0 aliphatic carbocycles. The summed E-state index contributed by atoms with van der Waals surface area (Å²) in [7, 11) is 1.78. The van der Waals surface area contributed by atoms with E-state index in [2.05, 4.69) is 22.5 Å². The summed E-state index contributed by atoms with van der Waals surface area (Å²) in [5, 5.41) is 5.95. The van der Waals surface area contributed by atoms with Crippen LogP contribution in [0.5, 0.6) is 0 Å². The van der Waals surface area contributed by atoms with Crippen molar-refractivity contribution >= 4 is 11.7 Å². The largest absolute Gasteiger partial charge is 0.373 e. The predicted octanol–water partition coefficient (Wildman–Crippen LogP) is 2.43. The molecular weight excluding hydrogens is 214 g/mol. The van der Waals surface area contributed by atoms with E-state index < -0.39 is 0 Å². The molecule has 0 unspecified atom stereocenters. The van der Waals surface area contributed by atoms with Crippen LogP contribution >= 0.6 is 0 Å². The minimum Gasteiger partial charge on any atom is -0.373 e. The number of hydrogen-bond donors (Lipinski definition) is 2. The van der Waals surface area contributed by atoms with Gasteiger partial charge in [0, 0.05) is 24.3 Å². The van der Waals surface area contributed by atoms with Crippen molar-refractivity contribution in [3.05, 3.63) is 23.9 Å². The summed E-state index contributed by atoms with van der Waals surface area (Å²) in [6.07, 6.45) is 3.64. The number of carbonyl (C=O) groups excluding carboxylic acids is 1. The summed E-state index contributed by atoms with van der Waals surface area (Å²) in [5.74, 6) is 0.647. The minimum absolute atomic E-state index is 0.0534. The first kappa shape index (κ1) is 13.5. The van der Waals surface area contributed by atoms with Crippen molar-refractivity contribution < 1.29 is 4.79 Å². The number of carbonyl (C=O) groups is 1. The maximum atomic E-state index is 12.0. The highest BCUT2D eigenvalue weighted by Gasteiger charge is 2.20. The van der Waals surface area contributed by atoms with E-state index in [1.807, 2.05) is 13.8 Å². The highest BCUT2D eigenvalue weighted by Crippen LogP contribution is 2.13. The van der Waals surface area contributed by atoms with Gasteiger partial charge in [0.1, 0.15) is 5.82 Å². The van der Waals surface area contributed by atoms with E-state index in [0.29, 0.717) is 11.4 Å². The van der Waals surface area contributed by atoms with E-state index in [4.69, 9.17) is 0 Å². The van der Waals surface area contributed by atoms with Crippen LogP contribution in [0.3, 0.4) is 0 Å². The van der Waals surface area contributed by atoms with Crippen molar-refractivity contribution in [2.75, 3.05) is 12.4 Å². The smallest absolute Gasteiger partial charge is 0.251 e. The monoisotopic (exact) mass is 235 g/mol. The van der Waals surface area contributed by atoms with Crippen LogP contribution in [0.1, 0.15) is 44.0 Å². The first-order valence-corrected chi connectivity index (χ1v) is 5.95. The van der Waals surface area contributed by atoms with Crippen LogP contribution in [-0.2, 0) is 0 Å². The van der Waals surface area contributed by atoms with Gasteiger partial charge in [0.25, 0.3) is 5.91 Å². The SMILES string of the molecule is CCCC(C)(C)NC(=O)c1ccnc(NC)c1. The fourth-order valence-corrected chi connectivity index (χ4v) is 1.78. The second kappa shape index (κ2) is 5.66. The summed E-state index contributed by atoms with van der Waals surface area (Å²) in [4.78, 5) is 16.1. The molecule has 0 radical (unpaired) electrons. The van der Waals surface area contributed by atoms with E-state index in [1.165, 1.54) is 0 Å². The maximum Gasteiger partial charge on any atom is 0.251 e. The summed E-state index contributed by atoms with van der Waals surface area (Å²) in [6.45, 7) is 6.18. The average molecular weight is 235 g/mol. The second-order valence-corrected chi connectivity index (χ2v) is 4.77. The summed E-state index contributed by atoms with van der Waals surface area (Å²) in [5.41, 5.74) is 0.461. The van der Waals surface area contributed by atoms with Gasteiger partial charge in [-0.1, -0.05) is 13.3 Å². The van der Waals surface area contributed by atoms with Crippen LogP contribution in [0, 0.1) is 0 Å². The van der Waals surface area contributed by atoms with E-state index in [9.17, 15) is 4.79 Å². The molecule has 0 aliphatic rings. The lowest BCUT2D eigenvalue weighted by Gasteiger charge is -2.25. The van der Waals surface area contributed by atoms with Gasteiger partial charge >= 0.3 is 0 Å². The highest BCUT2D eigenvalue weighted by molar-refractivity contribution is 5.95. The zero-order valence-electron chi connectivity index (χ0n) is 11.0. The maximum absolute atomic E-state index is 12.0. The van der Waals surface area contributed by atoms with Gasteiger partial charge in [-0.3, -0.25) is 4.79 Å². The van der Waals surface area contributed by atoms with Crippen LogP contribution in [0.4, 0.5) is 5.82 Å². The Kier molecular flexibility index (Phi) is 4.49.